The summed E-state index contributed by atoms with van der Waals surface area (Å²) in [4.78, 5) is 37.8. The second kappa shape index (κ2) is 21.8. The SMILES string of the molecule is COc1cc(CN2CCN(C3CC4(CCN(c5ccc(C(=O)NS(=O)(=O)c6cnc(NCC7CCC(C)(O)CC7)c([NH+](C)[O-])c6)c(Oc6cnc7[nH]cc(F)c7c6)c5)CC4)C3)C(c3ccccc3C(C)C)C2)cnc1C1CC1. The fraction of sp³-hybridized carbons (Fsp3) is 0.492. The van der Waals surface area contributed by atoms with Crippen molar-refractivity contribution in [2.24, 2.45) is 11.3 Å². The molecular formula is C59H73FN10O7S. The van der Waals surface area contributed by atoms with Gasteiger partial charge in [0, 0.05) is 94.0 Å². The fourth-order valence-electron chi connectivity index (χ4n) is 12.6. The average Bonchev–Trinajstić information content (AvgIpc) is 4.32. The molecule has 4 aromatic heterocycles. The molecule has 5 aliphatic rings. The molecule has 2 aliphatic heterocycles. The summed E-state index contributed by atoms with van der Waals surface area (Å²) in [5.41, 5.74) is 5.71. The number of sulfonamides is 1. The minimum atomic E-state index is -4.56. The van der Waals surface area contributed by atoms with Crippen molar-refractivity contribution >= 4 is 44.2 Å². The molecule has 6 aromatic rings. The maximum Gasteiger partial charge on any atom is 0.268 e. The number of piperazine rings is 1. The molecule has 3 aliphatic carbocycles. The summed E-state index contributed by atoms with van der Waals surface area (Å²) < 4.78 is 57.0. The summed E-state index contributed by atoms with van der Waals surface area (Å²) in [5.74, 6) is 1.04. The van der Waals surface area contributed by atoms with Gasteiger partial charge in [0.25, 0.3) is 15.9 Å². The van der Waals surface area contributed by atoms with Crippen LogP contribution in [0.5, 0.6) is 17.2 Å². The molecule has 5 N–H and O–H groups in total. The smallest absolute Gasteiger partial charge is 0.268 e. The second-order valence-electron chi connectivity index (χ2n) is 23.4. The van der Waals surface area contributed by atoms with Crippen LogP contribution in [0, 0.1) is 22.4 Å². The fourth-order valence-corrected chi connectivity index (χ4v) is 13.6. The van der Waals surface area contributed by atoms with E-state index >= 15 is 0 Å². The van der Waals surface area contributed by atoms with Gasteiger partial charge < -0.3 is 40.1 Å². The minimum Gasteiger partial charge on any atom is -0.629 e. The van der Waals surface area contributed by atoms with Crippen LogP contribution < -0.4 is 29.5 Å². The Bertz CT molecular complexity index is 3270. The third kappa shape index (κ3) is 11.5. The van der Waals surface area contributed by atoms with Gasteiger partial charge in [-0.25, -0.2) is 27.5 Å². The number of ether oxygens (including phenoxy) is 2. The predicted molar refractivity (Wildman–Crippen MR) is 297 cm³/mol. The van der Waals surface area contributed by atoms with Gasteiger partial charge in [-0.3, -0.25) is 19.6 Å². The number of methoxy groups -OCH3 is 1. The molecular weight excluding hydrogens is 1010 g/mol. The van der Waals surface area contributed by atoms with Crippen LogP contribution >= 0.6 is 0 Å². The van der Waals surface area contributed by atoms with Gasteiger partial charge in [0.2, 0.25) is 0 Å². The van der Waals surface area contributed by atoms with Crippen molar-refractivity contribution in [1.82, 2.24) is 34.5 Å². The van der Waals surface area contributed by atoms with Crippen LogP contribution in [0.2, 0.25) is 0 Å². The molecule has 0 bridgehead atoms. The number of benzene rings is 2. The second-order valence-corrected chi connectivity index (χ2v) is 25.1. The van der Waals surface area contributed by atoms with E-state index in [1.807, 2.05) is 6.92 Å². The Hall–Kier alpha value is -6.22. The van der Waals surface area contributed by atoms with Gasteiger partial charge in [-0.15, -0.1) is 0 Å². The van der Waals surface area contributed by atoms with E-state index in [4.69, 9.17) is 14.5 Å². The molecule has 2 aromatic carbocycles. The number of amides is 1. The number of rotatable bonds is 17. The minimum absolute atomic E-state index is 0.0603. The number of H-pyrrole nitrogens is 1. The van der Waals surface area contributed by atoms with Gasteiger partial charge in [0.05, 0.1) is 48.8 Å². The Kier molecular flexibility index (Phi) is 15.0. The van der Waals surface area contributed by atoms with Crippen LogP contribution in [0.4, 0.5) is 21.6 Å². The number of aromatic amines is 1. The molecule has 2 atom stereocenters. The van der Waals surface area contributed by atoms with E-state index < -0.39 is 32.4 Å². The maximum atomic E-state index is 14.8. The van der Waals surface area contributed by atoms with Crippen LogP contribution in [0.15, 0.2) is 90.3 Å². The van der Waals surface area contributed by atoms with Crippen LogP contribution in [0.25, 0.3) is 11.0 Å². The van der Waals surface area contributed by atoms with Gasteiger partial charge in [-0.05, 0) is 129 Å². The van der Waals surface area contributed by atoms with Crippen molar-refractivity contribution in [3.8, 4) is 17.2 Å². The van der Waals surface area contributed by atoms with E-state index in [1.165, 1.54) is 61.1 Å². The summed E-state index contributed by atoms with van der Waals surface area (Å²) in [7, 11) is -1.48. The number of aromatic nitrogens is 4. The number of nitrogens with one attached hydrogen (secondary N) is 4. The van der Waals surface area contributed by atoms with Crippen LogP contribution in [-0.4, -0.2) is 114 Å². The number of carbonyl (C=O) groups is 1. The van der Waals surface area contributed by atoms with Gasteiger partial charge in [0.15, 0.2) is 11.5 Å². The first-order chi connectivity index (χ1) is 37.4. The average molecular weight is 1090 g/mol. The highest BCUT2D eigenvalue weighted by atomic mass is 32.2. The number of hydrogen-bond donors (Lipinski definition) is 5. The summed E-state index contributed by atoms with van der Waals surface area (Å²) >= 11 is 0. The van der Waals surface area contributed by atoms with Crippen molar-refractivity contribution in [2.75, 3.05) is 63.6 Å². The molecule has 78 heavy (non-hydrogen) atoms. The molecule has 17 nitrogen and oxygen atoms in total. The summed E-state index contributed by atoms with van der Waals surface area (Å²) in [6.45, 7) is 12.2. The van der Waals surface area contributed by atoms with Crippen molar-refractivity contribution < 1.29 is 37.2 Å². The highest BCUT2D eigenvalue weighted by Crippen LogP contribution is 2.54. The van der Waals surface area contributed by atoms with Crippen LogP contribution in [0.3, 0.4) is 0 Å². The number of piperidine rings is 1. The number of pyridine rings is 3. The maximum absolute atomic E-state index is 14.8. The highest BCUT2D eigenvalue weighted by molar-refractivity contribution is 7.90. The highest BCUT2D eigenvalue weighted by Gasteiger charge is 2.50. The zero-order valence-corrected chi connectivity index (χ0v) is 46.2. The lowest BCUT2D eigenvalue weighted by atomic mass is 9.59. The molecule has 6 heterocycles. The van der Waals surface area contributed by atoms with Gasteiger partial charge >= 0.3 is 0 Å². The first kappa shape index (κ1) is 53.8. The third-order valence-electron chi connectivity index (χ3n) is 17.4. The van der Waals surface area contributed by atoms with Crippen LogP contribution in [0.1, 0.15) is 136 Å². The molecule has 11 rings (SSSR count). The summed E-state index contributed by atoms with van der Waals surface area (Å²) in [6, 6.07) is 19.7. The number of anilines is 2. The Morgan fingerprint density at radius 3 is 2.45 bits per heavy atom. The van der Waals surface area contributed by atoms with E-state index in [-0.39, 0.29) is 56.2 Å². The van der Waals surface area contributed by atoms with Crippen LogP contribution in [-0.2, 0) is 16.6 Å². The Labute approximate surface area is 456 Å². The molecule has 19 heteroatoms. The van der Waals surface area contributed by atoms with Crippen molar-refractivity contribution in [3.63, 3.8) is 0 Å². The van der Waals surface area contributed by atoms with E-state index in [2.05, 4.69) is 90.1 Å². The Balaban J connectivity index is 0.782. The van der Waals surface area contributed by atoms with E-state index in [0.29, 0.717) is 42.9 Å². The summed E-state index contributed by atoms with van der Waals surface area (Å²) in [6.07, 6.45) is 15.3. The standard InChI is InChI=1S/C59H73FN10O7S/c1-37(2)45-8-6-7-9-46(45)51-36-68(35-39-24-53(76-5)54(61-31-39)40-10-11-40)22-23-70(51)42-28-59(29-42)18-20-69(21-19-59)41-12-13-47(52(25-41)77-43-26-48-49(60)34-65-55(48)63-32-43)57(71)66-78(74,75)44-27-50(67(4)73)56(64-33-44)62-30-38-14-16-58(3,72)17-15-38/h6-9,12-13,24-27,31-34,37-38,40,42,51,67,72H,10-11,14-23,28-30,35-36H2,1-5H3,(H,62,64)(H,63,65)(H,66,71). The molecule has 5 fully saturated rings. The van der Waals surface area contributed by atoms with E-state index in [9.17, 15) is 27.9 Å². The van der Waals surface area contributed by atoms with E-state index in [0.717, 1.165) is 101 Å². The van der Waals surface area contributed by atoms with Gasteiger partial charge in [-0.2, -0.15) is 0 Å². The van der Waals surface area contributed by atoms with Crippen molar-refractivity contribution in [3.05, 3.63) is 124 Å². The molecule has 3 saturated carbocycles. The van der Waals surface area contributed by atoms with Crippen molar-refractivity contribution in [2.45, 2.75) is 126 Å². The lowest BCUT2D eigenvalue weighted by molar-refractivity contribution is -0.751. The number of nitrogens with zero attached hydrogens (tertiary/aromatic N) is 6. The number of halogens is 1. The lowest BCUT2D eigenvalue weighted by Crippen LogP contribution is -2.98. The quantitative estimate of drug-likeness (QED) is 0.0542. The first-order valence-corrected chi connectivity index (χ1v) is 29.3. The zero-order valence-electron chi connectivity index (χ0n) is 45.4. The molecule has 414 valence electrons. The molecule has 1 amide bonds. The zero-order chi connectivity index (χ0) is 54.5. The number of hydroxylamine groups is 1. The van der Waals surface area contributed by atoms with Gasteiger partial charge in [0.1, 0.15) is 33.6 Å². The lowest BCUT2D eigenvalue weighted by Gasteiger charge is -2.58. The number of aliphatic hydroxyl groups is 1. The monoisotopic (exact) mass is 1080 g/mol. The number of fused-ring (bicyclic) bond motifs is 1. The normalized spacial score (nSPS) is 22.6. The first-order valence-electron chi connectivity index (χ1n) is 27.8. The van der Waals surface area contributed by atoms with Gasteiger partial charge in [-0.1, -0.05) is 38.1 Å². The Morgan fingerprint density at radius 1 is 0.949 bits per heavy atom. The largest absolute Gasteiger partial charge is 0.629 e. The predicted octanol–water partition coefficient (Wildman–Crippen LogP) is 8.72. The number of quaternary nitrogens is 1. The topological polar surface area (TPSA) is 206 Å². The summed E-state index contributed by atoms with van der Waals surface area (Å²) in [5, 5.41) is 26.2. The molecule has 0 radical (unpaired) electrons. The molecule has 2 saturated heterocycles. The third-order valence-corrected chi connectivity index (χ3v) is 18.7. The van der Waals surface area contributed by atoms with Crippen molar-refractivity contribution in [1.29, 1.82) is 0 Å². The van der Waals surface area contributed by atoms with E-state index in [1.54, 1.807) is 25.3 Å². The molecule has 1 spiro atoms. The number of carbonyl (C=O) groups excluding carboxylic acids is 1. The Morgan fingerprint density at radius 2 is 1.72 bits per heavy atom. The number of hydrogen-bond acceptors (Lipinski definition) is 14. The molecule has 2 unspecified atom stereocenters.